The Morgan fingerprint density at radius 3 is 2.38 bits per heavy atom. The van der Waals surface area contributed by atoms with Gasteiger partial charge in [0.15, 0.2) is 0 Å². The van der Waals surface area contributed by atoms with Crippen molar-refractivity contribution in [3.8, 4) is 0 Å². The van der Waals surface area contributed by atoms with E-state index in [0.29, 0.717) is 18.5 Å². The summed E-state index contributed by atoms with van der Waals surface area (Å²) in [5.74, 6) is -0.187. The summed E-state index contributed by atoms with van der Waals surface area (Å²) in [4.78, 5) is 22.4. The third-order valence-electron chi connectivity index (χ3n) is 4.20. The van der Waals surface area contributed by atoms with E-state index in [1.807, 2.05) is 0 Å². The Hall–Kier alpha value is -2.98. The van der Waals surface area contributed by atoms with Crippen LogP contribution in [0.2, 0.25) is 0 Å². The SMILES string of the molecule is CN(C)S(=O)(=O)c1ccccc1CNC(=O)CCCNc1ccc([N+](=O)[O-])cc1. The second-order valence-corrected chi connectivity index (χ2v) is 8.63. The average molecular weight is 420 g/mol. The Kier molecular flexibility index (Phi) is 7.68. The molecule has 0 saturated carbocycles. The van der Waals surface area contributed by atoms with Gasteiger partial charge in [-0.3, -0.25) is 14.9 Å². The highest BCUT2D eigenvalue weighted by Gasteiger charge is 2.20. The highest BCUT2D eigenvalue weighted by Crippen LogP contribution is 2.18. The number of non-ortho nitro benzene ring substituents is 1. The summed E-state index contributed by atoms with van der Waals surface area (Å²) in [6, 6.07) is 12.6. The summed E-state index contributed by atoms with van der Waals surface area (Å²) in [7, 11) is -0.664. The van der Waals surface area contributed by atoms with Crippen LogP contribution in [0.15, 0.2) is 53.4 Å². The van der Waals surface area contributed by atoms with Crippen LogP contribution in [-0.2, 0) is 21.4 Å². The molecule has 10 heteroatoms. The first-order chi connectivity index (χ1) is 13.7. The molecular weight excluding hydrogens is 396 g/mol. The maximum absolute atomic E-state index is 12.4. The lowest BCUT2D eigenvalue weighted by molar-refractivity contribution is -0.384. The van der Waals surface area contributed by atoms with E-state index >= 15 is 0 Å². The molecule has 0 atom stereocenters. The van der Waals surface area contributed by atoms with Crippen LogP contribution < -0.4 is 10.6 Å². The first-order valence-corrected chi connectivity index (χ1v) is 10.4. The maximum Gasteiger partial charge on any atom is 0.269 e. The van der Waals surface area contributed by atoms with Crippen LogP contribution in [-0.4, -0.2) is 44.2 Å². The van der Waals surface area contributed by atoms with Crippen LogP contribution >= 0.6 is 0 Å². The third-order valence-corrected chi connectivity index (χ3v) is 6.11. The highest BCUT2D eigenvalue weighted by atomic mass is 32.2. The summed E-state index contributed by atoms with van der Waals surface area (Å²) < 4.78 is 25.9. The first-order valence-electron chi connectivity index (χ1n) is 8.97. The van der Waals surface area contributed by atoms with Gasteiger partial charge in [0.2, 0.25) is 15.9 Å². The molecule has 0 aliphatic carbocycles. The van der Waals surface area contributed by atoms with Gasteiger partial charge in [0.1, 0.15) is 0 Å². The van der Waals surface area contributed by atoms with Gasteiger partial charge in [0.25, 0.3) is 5.69 Å². The van der Waals surface area contributed by atoms with E-state index in [1.165, 1.54) is 32.3 Å². The fraction of sp³-hybridized carbons (Fsp3) is 0.316. The summed E-state index contributed by atoms with van der Waals surface area (Å²) in [5.41, 5.74) is 1.28. The lowest BCUT2D eigenvalue weighted by Crippen LogP contribution is -2.27. The molecule has 0 aliphatic rings. The monoisotopic (exact) mass is 420 g/mol. The number of nitro groups is 1. The fourth-order valence-corrected chi connectivity index (χ4v) is 3.68. The van der Waals surface area contributed by atoms with Gasteiger partial charge in [-0.1, -0.05) is 18.2 Å². The molecule has 1 amide bonds. The van der Waals surface area contributed by atoms with Crippen LogP contribution in [0.3, 0.4) is 0 Å². The molecule has 0 fully saturated rings. The van der Waals surface area contributed by atoms with E-state index in [-0.39, 0.29) is 29.5 Å². The number of amides is 1. The van der Waals surface area contributed by atoms with E-state index < -0.39 is 14.9 Å². The number of nitrogens with zero attached hydrogens (tertiary/aromatic N) is 2. The van der Waals surface area contributed by atoms with Crippen LogP contribution in [0, 0.1) is 10.1 Å². The fourth-order valence-electron chi connectivity index (χ4n) is 2.56. The van der Waals surface area contributed by atoms with Crippen LogP contribution in [0.5, 0.6) is 0 Å². The second kappa shape index (κ2) is 9.99. The van der Waals surface area contributed by atoms with Crippen molar-refractivity contribution in [2.24, 2.45) is 0 Å². The third kappa shape index (κ3) is 6.26. The van der Waals surface area contributed by atoms with Crippen LogP contribution in [0.4, 0.5) is 11.4 Å². The zero-order chi connectivity index (χ0) is 21.4. The van der Waals surface area contributed by atoms with Gasteiger partial charge < -0.3 is 10.6 Å². The van der Waals surface area contributed by atoms with Gasteiger partial charge in [-0.15, -0.1) is 0 Å². The van der Waals surface area contributed by atoms with Gasteiger partial charge in [0, 0.05) is 51.4 Å². The Bertz CT molecular complexity index is 959. The van der Waals surface area contributed by atoms with Gasteiger partial charge >= 0.3 is 0 Å². The number of rotatable bonds is 10. The number of hydrogen-bond donors (Lipinski definition) is 2. The first kappa shape index (κ1) is 22.3. The molecule has 0 bridgehead atoms. The van der Waals surface area contributed by atoms with Gasteiger partial charge in [0.05, 0.1) is 9.82 Å². The van der Waals surface area contributed by atoms with Crippen molar-refractivity contribution in [3.63, 3.8) is 0 Å². The minimum atomic E-state index is -3.59. The number of nitrogens with one attached hydrogen (secondary N) is 2. The molecule has 0 unspecified atom stereocenters. The summed E-state index contributed by atoms with van der Waals surface area (Å²) in [6.45, 7) is 0.648. The molecule has 29 heavy (non-hydrogen) atoms. The standard InChI is InChI=1S/C19H24N4O5S/c1-22(2)29(27,28)18-7-4-3-6-15(18)14-21-19(24)8-5-13-20-16-9-11-17(12-10-16)23(25)26/h3-4,6-7,9-12,20H,5,8,13-14H2,1-2H3,(H,21,24). The second-order valence-electron chi connectivity index (χ2n) is 6.51. The number of sulfonamides is 1. The maximum atomic E-state index is 12.4. The lowest BCUT2D eigenvalue weighted by Gasteiger charge is -2.15. The van der Waals surface area contributed by atoms with E-state index in [2.05, 4.69) is 10.6 Å². The lowest BCUT2D eigenvalue weighted by atomic mass is 10.2. The normalized spacial score (nSPS) is 11.3. The van der Waals surface area contributed by atoms with Crippen molar-refractivity contribution in [2.75, 3.05) is 26.0 Å². The van der Waals surface area contributed by atoms with E-state index in [1.54, 1.807) is 30.3 Å². The minimum Gasteiger partial charge on any atom is -0.385 e. The Morgan fingerprint density at radius 2 is 1.76 bits per heavy atom. The Balaban J connectivity index is 1.80. The van der Waals surface area contributed by atoms with Crippen molar-refractivity contribution in [1.82, 2.24) is 9.62 Å². The van der Waals surface area contributed by atoms with Gasteiger partial charge in [-0.2, -0.15) is 0 Å². The predicted octanol–water partition coefficient (Wildman–Crippen LogP) is 2.35. The van der Waals surface area contributed by atoms with E-state index in [9.17, 15) is 23.3 Å². The zero-order valence-corrected chi connectivity index (χ0v) is 17.1. The summed E-state index contributed by atoms with van der Waals surface area (Å²) >= 11 is 0. The molecular formula is C19H24N4O5S. The molecule has 0 saturated heterocycles. The Labute approximate surface area is 169 Å². The quantitative estimate of drug-likeness (QED) is 0.346. The van der Waals surface area contributed by atoms with Crippen molar-refractivity contribution in [3.05, 3.63) is 64.2 Å². The summed E-state index contributed by atoms with van der Waals surface area (Å²) in [5, 5.41) is 16.5. The molecule has 9 nitrogen and oxygen atoms in total. The highest BCUT2D eigenvalue weighted by molar-refractivity contribution is 7.89. The van der Waals surface area contributed by atoms with E-state index in [4.69, 9.17) is 0 Å². The van der Waals surface area contributed by atoms with Crippen LogP contribution in [0.25, 0.3) is 0 Å². The number of carbonyl (C=O) groups excluding carboxylic acids is 1. The molecule has 156 valence electrons. The zero-order valence-electron chi connectivity index (χ0n) is 16.3. The minimum absolute atomic E-state index is 0.0199. The van der Waals surface area contributed by atoms with Crippen molar-refractivity contribution in [2.45, 2.75) is 24.3 Å². The summed E-state index contributed by atoms with van der Waals surface area (Å²) in [6.07, 6.45) is 0.822. The molecule has 2 rings (SSSR count). The van der Waals surface area contributed by atoms with Crippen molar-refractivity contribution >= 4 is 27.3 Å². The van der Waals surface area contributed by atoms with Gasteiger partial charge in [-0.05, 0) is 30.2 Å². The molecule has 0 aromatic heterocycles. The number of anilines is 1. The largest absolute Gasteiger partial charge is 0.385 e. The number of hydrogen-bond acceptors (Lipinski definition) is 6. The molecule has 0 spiro atoms. The molecule has 2 aromatic carbocycles. The molecule has 0 radical (unpaired) electrons. The number of nitro benzene ring substituents is 1. The average Bonchev–Trinajstić information content (AvgIpc) is 2.70. The topological polar surface area (TPSA) is 122 Å². The van der Waals surface area contributed by atoms with E-state index in [0.717, 1.165) is 9.99 Å². The number of benzene rings is 2. The molecule has 2 N–H and O–H groups in total. The van der Waals surface area contributed by atoms with Crippen LogP contribution in [0.1, 0.15) is 18.4 Å². The van der Waals surface area contributed by atoms with Crippen molar-refractivity contribution in [1.29, 1.82) is 0 Å². The van der Waals surface area contributed by atoms with Crippen molar-refractivity contribution < 1.29 is 18.1 Å². The number of carbonyl (C=O) groups is 1. The molecule has 2 aromatic rings. The Morgan fingerprint density at radius 1 is 1.10 bits per heavy atom. The molecule has 0 heterocycles. The predicted molar refractivity (Wildman–Crippen MR) is 110 cm³/mol. The van der Waals surface area contributed by atoms with Gasteiger partial charge in [-0.25, -0.2) is 12.7 Å². The smallest absolute Gasteiger partial charge is 0.269 e. The molecule has 0 aliphatic heterocycles.